The third kappa shape index (κ3) is 4.91. The van der Waals surface area contributed by atoms with E-state index in [4.69, 9.17) is 5.11 Å². The Balaban J connectivity index is 2.31. The van der Waals surface area contributed by atoms with Crippen molar-refractivity contribution in [3.05, 3.63) is 35.6 Å². The summed E-state index contributed by atoms with van der Waals surface area (Å²) in [5.74, 6) is -0.195. The van der Waals surface area contributed by atoms with Gasteiger partial charge in [0.15, 0.2) is 0 Å². The Bertz CT molecular complexity index is 273. The van der Waals surface area contributed by atoms with Crippen LogP contribution in [0.15, 0.2) is 24.3 Å². The van der Waals surface area contributed by atoms with Crippen molar-refractivity contribution in [1.82, 2.24) is 5.32 Å². The summed E-state index contributed by atoms with van der Waals surface area (Å²) in [7, 11) is 0. The summed E-state index contributed by atoms with van der Waals surface area (Å²) >= 11 is 0. The average molecular weight is 211 g/mol. The zero-order valence-electron chi connectivity index (χ0n) is 9.04. The standard InChI is InChI=1S/C12H18FNO/c1-10(14-7-2-8-15)9-11-3-5-12(13)6-4-11/h3-6,10,14-15H,2,7-9H2,1H3. The van der Waals surface area contributed by atoms with E-state index in [9.17, 15) is 4.39 Å². The Morgan fingerprint density at radius 2 is 2.00 bits per heavy atom. The lowest BCUT2D eigenvalue weighted by Crippen LogP contribution is -2.29. The Morgan fingerprint density at radius 1 is 1.33 bits per heavy atom. The predicted octanol–water partition coefficient (Wildman–Crippen LogP) is 1.73. The fraction of sp³-hybridized carbons (Fsp3) is 0.500. The van der Waals surface area contributed by atoms with Crippen molar-refractivity contribution in [3.8, 4) is 0 Å². The molecule has 0 spiro atoms. The maximum Gasteiger partial charge on any atom is 0.123 e. The Kier molecular flexibility index (Phi) is 5.29. The van der Waals surface area contributed by atoms with Crippen LogP contribution in [0.3, 0.4) is 0 Å². The summed E-state index contributed by atoms with van der Waals surface area (Å²) < 4.78 is 12.6. The van der Waals surface area contributed by atoms with E-state index < -0.39 is 0 Å². The lowest BCUT2D eigenvalue weighted by Gasteiger charge is -2.13. The maximum atomic E-state index is 12.6. The third-order valence-corrected chi connectivity index (χ3v) is 2.28. The molecule has 0 saturated carbocycles. The number of hydrogen-bond donors (Lipinski definition) is 2. The van der Waals surface area contributed by atoms with E-state index in [1.807, 2.05) is 0 Å². The van der Waals surface area contributed by atoms with Gasteiger partial charge in [-0.1, -0.05) is 12.1 Å². The molecule has 15 heavy (non-hydrogen) atoms. The average Bonchev–Trinajstić information content (AvgIpc) is 2.22. The van der Waals surface area contributed by atoms with Gasteiger partial charge in [0.1, 0.15) is 5.82 Å². The number of benzene rings is 1. The van der Waals surface area contributed by atoms with E-state index in [-0.39, 0.29) is 12.4 Å². The van der Waals surface area contributed by atoms with Crippen molar-refractivity contribution >= 4 is 0 Å². The van der Waals surface area contributed by atoms with Gasteiger partial charge in [-0.05, 0) is 44.0 Å². The molecule has 0 aliphatic carbocycles. The Labute approximate surface area is 90.1 Å². The molecular formula is C12H18FNO. The van der Waals surface area contributed by atoms with Crippen molar-refractivity contribution in [2.24, 2.45) is 0 Å². The first-order chi connectivity index (χ1) is 7.22. The molecule has 0 aromatic heterocycles. The number of rotatable bonds is 6. The quantitative estimate of drug-likeness (QED) is 0.702. The van der Waals surface area contributed by atoms with Crippen LogP contribution in [-0.2, 0) is 6.42 Å². The molecule has 1 unspecified atom stereocenters. The fourth-order valence-corrected chi connectivity index (χ4v) is 1.47. The molecular weight excluding hydrogens is 193 g/mol. The van der Waals surface area contributed by atoms with Crippen molar-refractivity contribution < 1.29 is 9.50 Å². The summed E-state index contributed by atoms with van der Waals surface area (Å²) in [5, 5.41) is 11.9. The molecule has 0 fully saturated rings. The molecule has 2 N–H and O–H groups in total. The normalized spacial score (nSPS) is 12.7. The maximum absolute atomic E-state index is 12.6. The molecule has 3 heteroatoms. The van der Waals surface area contributed by atoms with Crippen molar-refractivity contribution in [2.75, 3.05) is 13.2 Å². The van der Waals surface area contributed by atoms with Crippen LogP contribution in [0.25, 0.3) is 0 Å². The third-order valence-electron chi connectivity index (χ3n) is 2.28. The monoisotopic (exact) mass is 211 g/mol. The number of nitrogens with one attached hydrogen (secondary N) is 1. The van der Waals surface area contributed by atoms with Crippen LogP contribution in [0.2, 0.25) is 0 Å². The molecule has 1 atom stereocenters. The second kappa shape index (κ2) is 6.53. The van der Waals surface area contributed by atoms with E-state index in [2.05, 4.69) is 12.2 Å². The van der Waals surface area contributed by atoms with Crippen LogP contribution in [0.4, 0.5) is 4.39 Å². The summed E-state index contributed by atoms with van der Waals surface area (Å²) in [6.45, 7) is 3.12. The molecule has 0 amide bonds. The van der Waals surface area contributed by atoms with Gasteiger partial charge in [0.2, 0.25) is 0 Å². The second-order valence-electron chi connectivity index (χ2n) is 3.76. The molecule has 0 aliphatic heterocycles. The van der Waals surface area contributed by atoms with Crippen molar-refractivity contribution in [2.45, 2.75) is 25.8 Å². The highest BCUT2D eigenvalue weighted by Gasteiger charge is 2.02. The summed E-state index contributed by atoms with van der Waals surface area (Å²) in [6, 6.07) is 6.92. The van der Waals surface area contributed by atoms with Crippen LogP contribution in [0.1, 0.15) is 18.9 Å². The van der Waals surface area contributed by atoms with Gasteiger partial charge in [-0.2, -0.15) is 0 Å². The highest BCUT2D eigenvalue weighted by molar-refractivity contribution is 5.16. The highest BCUT2D eigenvalue weighted by Crippen LogP contribution is 2.05. The summed E-state index contributed by atoms with van der Waals surface area (Å²) in [5.41, 5.74) is 1.13. The molecule has 1 aromatic rings. The van der Waals surface area contributed by atoms with Gasteiger partial charge in [0.25, 0.3) is 0 Å². The fourth-order valence-electron chi connectivity index (χ4n) is 1.47. The van der Waals surface area contributed by atoms with Gasteiger partial charge < -0.3 is 10.4 Å². The minimum absolute atomic E-state index is 0.195. The molecule has 0 saturated heterocycles. The lowest BCUT2D eigenvalue weighted by atomic mass is 10.1. The second-order valence-corrected chi connectivity index (χ2v) is 3.76. The zero-order chi connectivity index (χ0) is 11.1. The van der Waals surface area contributed by atoms with E-state index in [1.54, 1.807) is 12.1 Å². The SMILES string of the molecule is CC(Cc1ccc(F)cc1)NCCCO. The van der Waals surface area contributed by atoms with Crippen LogP contribution in [0, 0.1) is 5.82 Å². The van der Waals surface area contributed by atoms with Gasteiger partial charge >= 0.3 is 0 Å². The largest absolute Gasteiger partial charge is 0.396 e. The first-order valence-electron chi connectivity index (χ1n) is 5.31. The lowest BCUT2D eigenvalue weighted by molar-refractivity contribution is 0.283. The van der Waals surface area contributed by atoms with E-state index >= 15 is 0 Å². The first-order valence-corrected chi connectivity index (χ1v) is 5.31. The summed E-state index contributed by atoms with van der Waals surface area (Å²) in [6.07, 6.45) is 1.65. The van der Waals surface area contributed by atoms with Gasteiger partial charge in [-0.15, -0.1) is 0 Å². The van der Waals surface area contributed by atoms with Gasteiger partial charge in [0.05, 0.1) is 0 Å². The molecule has 84 valence electrons. The van der Waals surface area contributed by atoms with Crippen molar-refractivity contribution in [3.63, 3.8) is 0 Å². The van der Waals surface area contributed by atoms with Crippen LogP contribution in [-0.4, -0.2) is 24.3 Å². The molecule has 1 aromatic carbocycles. The Hall–Kier alpha value is -0.930. The molecule has 1 rings (SSSR count). The van der Waals surface area contributed by atoms with Crippen molar-refractivity contribution in [1.29, 1.82) is 0 Å². The van der Waals surface area contributed by atoms with Gasteiger partial charge in [-0.3, -0.25) is 0 Å². The van der Waals surface area contributed by atoms with Crippen LogP contribution >= 0.6 is 0 Å². The number of aliphatic hydroxyl groups excluding tert-OH is 1. The van der Waals surface area contributed by atoms with Crippen LogP contribution < -0.4 is 5.32 Å². The minimum atomic E-state index is -0.195. The highest BCUT2D eigenvalue weighted by atomic mass is 19.1. The zero-order valence-corrected chi connectivity index (χ0v) is 9.04. The van der Waals surface area contributed by atoms with Gasteiger partial charge in [-0.25, -0.2) is 4.39 Å². The minimum Gasteiger partial charge on any atom is -0.396 e. The first kappa shape index (κ1) is 12.1. The smallest absolute Gasteiger partial charge is 0.123 e. The van der Waals surface area contributed by atoms with E-state index in [0.717, 1.165) is 24.9 Å². The molecule has 0 heterocycles. The molecule has 0 aliphatic rings. The Morgan fingerprint density at radius 3 is 2.60 bits per heavy atom. The molecule has 0 bridgehead atoms. The number of aliphatic hydroxyl groups is 1. The molecule has 2 nitrogen and oxygen atoms in total. The van der Waals surface area contributed by atoms with Gasteiger partial charge in [0, 0.05) is 12.6 Å². The number of hydrogen-bond acceptors (Lipinski definition) is 2. The topological polar surface area (TPSA) is 32.3 Å². The van der Waals surface area contributed by atoms with Crippen LogP contribution in [0.5, 0.6) is 0 Å². The predicted molar refractivity (Wildman–Crippen MR) is 59.3 cm³/mol. The summed E-state index contributed by atoms with van der Waals surface area (Å²) in [4.78, 5) is 0. The van der Waals surface area contributed by atoms with E-state index in [0.29, 0.717) is 6.04 Å². The molecule has 0 radical (unpaired) electrons. The van der Waals surface area contributed by atoms with E-state index in [1.165, 1.54) is 12.1 Å². The number of halogens is 1.